The van der Waals surface area contributed by atoms with Gasteiger partial charge in [0.15, 0.2) is 0 Å². The Labute approximate surface area is 119 Å². The van der Waals surface area contributed by atoms with Crippen molar-refractivity contribution in [1.82, 2.24) is 5.32 Å². The van der Waals surface area contributed by atoms with Crippen molar-refractivity contribution in [2.45, 2.75) is 25.1 Å². The fraction of sp³-hybridized carbons (Fsp3) is 0.500. The van der Waals surface area contributed by atoms with E-state index in [1.54, 1.807) is 0 Å². The van der Waals surface area contributed by atoms with E-state index in [0.29, 0.717) is 24.6 Å². The summed E-state index contributed by atoms with van der Waals surface area (Å²) >= 11 is 0. The molecule has 7 heteroatoms. The molecule has 1 N–H and O–H groups in total. The minimum Gasteiger partial charge on any atom is -0.468 e. The van der Waals surface area contributed by atoms with E-state index in [0.717, 1.165) is 26.0 Å². The number of hydrogen-bond acceptors (Lipinski definition) is 3. The van der Waals surface area contributed by atoms with Crippen LogP contribution in [0.3, 0.4) is 0 Å². The van der Waals surface area contributed by atoms with Crippen molar-refractivity contribution in [1.29, 1.82) is 0 Å². The molecule has 0 saturated heterocycles. The van der Waals surface area contributed by atoms with Gasteiger partial charge in [0.05, 0.1) is 12.7 Å². The molecule has 1 aromatic carbocycles. The van der Waals surface area contributed by atoms with Crippen molar-refractivity contribution in [3.8, 4) is 0 Å². The lowest BCUT2D eigenvalue weighted by molar-refractivity contribution is -0.144. The molecule has 3 nitrogen and oxygen atoms in total. The van der Waals surface area contributed by atoms with Crippen molar-refractivity contribution in [2.24, 2.45) is 5.92 Å². The molecular formula is C14H15F4NO2. The van der Waals surface area contributed by atoms with Gasteiger partial charge in [0.25, 0.3) is 0 Å². The average molecular weight is 305 g/mol. The largest absolute Gasteiger partial charge is 0.468 e. The maximum absolute atomic E-state index is 13.3. The Bertz CT molecular complexity index is 526. The molecule has 0 spiro atoms. The summed E-state index contributed by atoms with van der Waals surface area (Å²) in [4.78, 5) is 11.7. The van der Waals surface area contributed by atoms with Crippen molar-refractivity contribution in [3.63, 3.8) is 0 Å². The summed E-state index contributed by atoms with van der Waals surface area (Å²) in [5.74, 6) is -1.63. The summed E-state index contributed by atoms with van der Waals surface area (Å²) in [7, 11) is 1.16. The third kappa shape index (κ3) is 3.93. The van der Waals surface area contributed by atoms with Gasteiger partial charge in [-0.1, -0.05) is 6.07 Å². The molecule has 116 valence electrons. The van der Waals surface area contributed by atoms with Crippen LogP contribution in [0.2, 0.25) is 0 Å². The van der Waals surface area contributed by atoms with Gasteiger partial charge in [-0.3, -0.25) is 0 Å². The van der Waals surface area contributed by atoms with Gasteiger partial charge in [-0.05, 0) is 43.0 Å². The molecule has 1 aliphatic rings. The van der Waals surface area contributed by atoms with Crippen LogP contribution in [0.15, 0.2) is 18.2 Å². The zero-order valence-corrected chi connectivity index (χ0v) is 11.3. The molecule has 1 aliphatic carbocycles. The number of ether oxygens (including phenoxy) is 1. The van der Waals surface area contributed by atoms with Crippen molar-refractivity contribution in [3.05, 3.63) is 35.1 Å². The number of esters is 1. The number of nitrogens with one attached hydrogen (secondary N) is 1. The Morgan fingerprint density at radius 3 is 2.62 bits per heavy atom. The van der Waals surface area contributed by atoms with E-state index in [9.17, 15) is 22.4 Å². The Hall–Kier alpha value is -1.63. The monoisotopic (exact) mass is 305 g/mol. The van der Waals surface area contributed by atoms with Gasteiger partial charge < -0.3 is 10.1 Å². The normalized spacial score (nSPS) is 16.6. The molecule has 1 saturated carbocycles. The molecule has 1 aromatic rings. The molecule has 2 rings (SSSR count). The summed E-state index contributed by atoms with van der Waals surface area (Å²) in [5, 5.41) is 2.88. The highest BCUT2D eigenvalue weighted by Gasteiger charge is 2.35. The summed E-state index contributed by atoms with van der Waals surface area (Å²) in [5.41, 5.74) is -1.35. The highest BCUT2D eigenvalue weighted by Crippen LogP contribution is 2.34. The smallest absolute Gasteiger partial charge is 0.419 e. The molecule has 0 heterocycles. The van der Waals surface area contributed by atoms with Gasteiger partial charge in [-0.25, -0.2) is 9.18 Å². The second kappa shape index (κ2) is 6.01. The van der Waals surface area contributed by atoms with Crippen LogP contribution in [0.1, 0.15) is 30.0 Å². The van der Waals surface area contributed by atoms with Crippen LogP contribution >= 0.6 is 0 Å². The van der Waals surface area contributed by atoms with Gasteiger partial charge in [-0.15, -0.1) is 0 Å². The van der Waals surface area contributed by atoms with Crippen LogP contribution in [0.25, 0.3) is 0 Å². The number of hydrogen-bond donors (Lipinski definition) is 1. The van der Waals surface area contributed by atoms with Gasteiger partial charge in [0, 0.05) is 0 Å². The van der Waals surface area contributed by atoms with Gasteiger partial charge in [0.2, 0.25) is 0 Å². The van der Waals surface area contributed by atoms with Crippen molar-refractivity contribution < 1.29 is 27.1 Å². The fourth-order valence-electron chi connectivity index (χ4n) is 2.00. The van der Waals surface area contributed by atoms with Crippen LogP contribution in [-0.2, 0) is 15.7 Å². The molecule has 1 unspecified atom stereocenters. The second-order valence-electron chi connectivity index (χ2n) is 5.04. The summed E-state index contributed by atoms with van der Waals surface area (Å²) in [6, 6.07) is 1.49. The summed E-state index contributed by atoms with van der Waals surface area (Å²) < 4.78 is 56.0. The fourth-order valence-corrected chi connectivity index (χ4v) is 2.00. The first-order valence-electron chi connectivity index (χ1n) is 6.50. The maximum Gasteiger partial charge on any atom is 0.419 e. The third-order valence-electron chi connectivity index (χ3n) is 3.37. The van der Waals surface area contributed by atoms with Crippen LogP contribution in [0.4, 0.5) is 17.6 Å². The Balaban J connectivity index is 2.27. The number of carbonyl (C=O) groups excluding carboxylic acids is 1. The number of carbonyl (C=O) groups is 1. The lowest BCUT2D eigenvalue weighted by atomic mass is 10.0. The zero-order chi connectivity index (χ0) is 15.6. The Morgan fingerprint density at radius 1 is 1.43 bits per heavy atom. The van der Waals surface area contributed by atoms with E-state index in [1.807, 2.05) is 0 Å². The van der Waals surface area contributed by atoms with E-state index < -0.39 is 29.6 Å². The van der Waals surface area contributed by atoms with Gasteiger partial charge in [-0.2, -0.15) is 13.2 Å². The molecule has 0 aliphatic heterocycles. The number of rotatable bonds is 5. The lowest BCUT2D eigenvalue weighted by Gasteiger charge is -2.18. The molecule has 1 atom stereocenters. The van der Waals surface area contributed by atoms with Crippen molar-refractivity contribution >= 4 is 5.97 Å². The first kappa shape index (κ1) is 15.8. The van der Waals surface area contributed by atoms with E-state index >= 15 is 0 Å². The second-order valence-corrected chi connectivity index (χ2v) is 5.04. The van der Waals surface area contributed by atoms with Crippen LogP contribution in [0.5, 0.6) is 0 Å². The Morgan fingerprint density at radius 2 is 2.10 bits per heavy atom. The number of benzene rings is 1. The van der Waals surface area contributed by atoms with Crippen LogP contribution < -0.4 is 5.32 Å². The predicted molar refractivity (Wildman–Crippen MR) is 66.9 cm³/mol. The predicted octanol–water partition coefficient (Wildman–Crippen LogP) is 3.06. The van der Waals surface area contributed by atoms with E-state index in [4.69, 9.17) is 0 Å². The molecule has 21 heavy (non-hydrogen) atoms. The highest BCUT2D eigenvalue weighted by atomic mass is 19.4. The minimum atomic E-state index is -4.81. The molecule has 0 radical (unpaired) electrons. The van der Waals surface area contributed by atoms with Crippen molar-refractivity contribution in [2.75, 3.05) is 13.7 Å². The van der Waals surface area contributed by atoms with Gasteiger partial charge >= 0.3 is 12.1 Å². The van der Waals surface area contributed by atoms with E-state index in [-0.39, 0.29) is 5.56 Å². The zero-order valence-electron chi connectivity index (χ0n) is 11.3. The minimum absolute atomic E-state index is 0.0382. The standard InChI is InChI=1S/C14H15F4NO2/c1-21-13(20)12(19-7-8-2-3-8)9-4-5-11(15)10(6-9)14(16,17)18/h4-6,8,12,19H,2-3,7H2,1H3. The maximum atomic E-state index is 13.3. The van der Waals surface area contributed by atoms with E-state index in [1.165, 1.54) is 0 Å². The first-order chi connectivity index (χ1) is 9.82. The SMILES string of the molecule is COC(=O)C(NCC1CC1)c1ccc(F)c(C(F)(F)F)c1. The molecule has 1 fully saturated rings. The van der Waals surface area contributed by atoms with Crippen LogP contribution in [0, 0.1) is 11.7 Å². The summed E-state index contributed by atoms with van der Waals surface area (Å²) in [6.07, 6.45) is -2.76. The molecule has 0 aromatic heterocycles. The number of halogens is 4. The average Bonchev–Trinajstić information content (AvgIpc) is 3.23. The molecular weight excluding hydrogens is 290 g/mol. The molecule has 0 amide bonds. The van der Waals surface area contributed by atoms with Crippen LogP contribution in [-0.4, -0.2) is 19.6 Å². The van der Waals surface area contributed by atoms with E-state index in [2.05, 4.69) is 10.1 Å². The quantitative estimate of drug-likeness (QED) is 0.671. The number of alkyl halides is 3. The topological polar surface area (TPSA) is 38.3 Å². The molecule has 0 bridgehead atoms. The highest BCUT2D eigenvalue weighted by molar-refractivity contribution is 5.77. The lowest BCUT2D eigenvalue weighted by Crippen LogP contribution is -2.31. The van der Waals surface area contributed by atoms with Gasteiger partial charge in [0.1, 0.15) is 11.9 Å². The Kier molecular flexibility index (Phi) is 4.51. The third-order valence-corrected chi connectivity index (χ3v) is 3.37. The first-order valence-corrected chi connectivity index (χ1v) is 6.50. The summed E-state index contributed by atoms with van der Waals surface area (Å²) in [6.45, 7) is 0.512. The number of methoxy groups -OCH3 is 1.